The number of benzene rings is 1. The molecule has 6 heteroatoms. The van der Waals surface area contributed by atoms with E-state index in [2.05, 4.69) is 10.5 Å². The average molecular weight is 249 g/mol. The van der Waals surface area contributed by atoms with Gasteiger partial charge in [0.2, 0.25) is 5.91 Å². The van der Waals surface area contributed by atoms with Gasteiger partial charge in [0, 0.05) is 12.6 Å². The van der Waals surface area contributed by atoms with Gasteiger partial charge in [0.1, 0.15) is 0 Å². The van der Waals surface area contributed by atoms with Crippen LogP contribution >= 0.6 is 0 Å². The zero-order chi connectivity index (χ0) is 13.5. The standard InChI is InChI=1S/C12H15N3O3/c1-8(15-18-7-12(13)17)10-3-5-11(6-4-10)14-9(2)16/h3-6H,7H2,1-2H3,(H2,13,17)(H,14,16)/b15-8+. The van der Waals surface area contributed by atoms with Gasteiger partial charge in [0.15, 0.2) is 6.61 Å². The summed E-state index contributed by atoms with van der Waals surface area (Å²) in [7, 11) is 0. The van der Waals surface area contributed by atoms with Crippen molar-refractivity contribution in [2.45, 2.75) is 13.8 Å². The van der Waals surface area contributed by atoms with Crippen LogP contribution in [-0.4, -0.2) is 24.1 Å². The van der Waals surface area contributed by atoms with Gasteiger partial charge in [0.25, 0.3) is 5.91 Å². The number of anilines is 1. The van der Waals surface area contributed by atoms with Gasteiger partial charge < -0.3 is 15.9 Å². The molecule has 0 saturated carbocycles. The fraction of sp³-hybridized carbons (Fsp3) is 0.250. The van der Waals surface area contributed by atoms with Gasteiger partial charge in [-0.05, 0) is 24.6 Å². The zero-order valence-corrected chi connectivity index (χ0v) is 10.3. The molecule has 0 saturated heterocycles. The lowest BCUT2D eigenvalue weighted by molar-refractivity contribution is -0.122. The molecule has 0 heterocycles. The zero-order valence-electron chi connectivity index (χ0n) is 10.3. The van der Waals surface area contributed by atoms with Crippen LogP contribution in [0.25, 0.3) is 0 Å². The van der Waals surface area contributed by atoms with E-state index in [-0.39, 0.29) is 12.5 Å². The van der Waals surface area contributed by atoms with Crippen molar-refractivity contribution in [1.29, 1.82) is 0 Å². The van der Waals surface area contributed by atoms with Crippen LogP contribution in [0.3, 0.4) is 0 Å². The lowest BCUT2D eigenvalue weighted by Gasteiger charge is -2.04. The van der Waals surface area contributed by atoms with Gasteiger partial charge in [-0.2, -0.15) is 0 Å². The lowest BCUT2D eigenvalue weighted by Crippen LogP contribution is -2.16. The third kappa shape index (κ3) is 4.65. The second kappa shape index (κ2) is 6.39. The number of oxime groups is 1. The molecule has 1 aromatic carbocycles. The third-order valence-corrected chi connectivity index (χ3v) is 2.03. The number of primary amides is 1. The molecular weight excluding hydrogens is 234 g/mol. The van der Waals surface area contributed by atoms with Crippen molar-refractivity contribution >= 4 is 23.2 Å². The fourth-order valence-electron chi connectivity index (χ4n) is 1.24. The summed E-state index contributed by atoms with van der Waals surface area (Å²) in [5, 5.41) is 6.41. The Kier molecular flexibility index (Phi) is 4.86. The van der Waals surface area contributed by atoms with Crippen molar-refractivity contribution < 1.29 is 14.4 Å². The van der Waals surface area contributed by atoms with Crippen LogP contribution in [0.1, 0.15) is 19.4 Å². The number of nitrogens with one attached hydrogen (secondary N) is 1. The molecule has 1 rings (SSSR count). The average Bonchev–Trinajstić information content (AvgIpc) is 2.28. The summed E-state index contributed by atoms with van der Waals surface area (Å²) in [5.41, 5.74) is 7.06. The minimum absolute atomic E-state index is 0.127. The van der Waals surface area contributed by atoms with Crippen LogP contribution in [0, 0.1) is 0 Å². The first-order valence-corrected chi connectivity index (χ1v) is 5.32. The summed E-state index contributed by atoms with van der Waals surface area (Å²) < 4.78 is 0. The Hall–Kier alpha value is -2.37. The molecule has 0 radical (unpaired) electrons. The Labute approximate surface area is 105 Å². The van der Waals surface area contributed by atoms with E-state index < -0.39 is 5.91 Å². The topological polar surface area (TPSA) is 93.8 Å². The number of carbonyl (C=O) groups excluding carboxylic acids is 2. The molecule has 0 unspecified atom stereocenters. The fourth-order valence-corrected chi connectivity index (χ4v) is 1.24. The quantitative estimate of drug-likeness (QED) is 0.599. The van der Waals surface area contributed by atoms with E-state index in [1.165, 1.54) is 6.92 Å². The molecule has 1 aromatic rings. The molecule has 0 aliphatic heterocycles. The monoisotopic (exact) mass is 249 g/mol. The Morgan fingerprint density at radius 1 is 1.28 bits per heavy atom. The van der Waals surface area contributed by atoms with Crippen LogP contribution in [0.15, 0.2) is 29.4 Å². The molecule has 0 fully saturated rings. The molecular formula is C12H15N3O3. The SMILES string of the molecule is CC(=O)Nc1ccc(/C(C)=N/OCC(N)=O)cc1. The van der Waals surface area contributed by atoms with Crippen molar-refractivity contribution in [3.63, 3.8) is 0 Å². The number of rotatable bonds is 5. The molecule has 96 valence electrons. The summed E-state index contributed by atoms with van der Waals surface area (Å²) in [6.45, 7) is 2.94. The van der Waals surface area contributed by atoms with E-state index in [0.717, 1.165) is 5.56 Å². The van der Waals surface area contributed by atoms with Crippen molar-refractivity contribution in [2.24, 2.45) is 10.9 Å². The largest absolute Gasteiger partial charge is 0.385 e. The summed E-state index contributed by atoms with van der Waals surface area (Å²) >= 11 is 0. The van der Waals surface area contributed by atoms with Crippen LogP contribution in [0.4, 0.5) is 5.69 Å². The smallest absolute Gasteiger partial charge is 0.258 e. The molecule has 0 aromatic heterocycles. The maximum atomic E-state index is 10.8. The van der Waals surface area contributed by atoms with Gasteiger partial charge in [0.05, 0.1) is 5.71 Å². The minimum Gasteiger partial charge on any atom is -0.385 e. The van der Waals surface area contributed by atoms with E-state index in [9.17, 15) is 9.59 Å². The molecule has 18 heavy (non-hydrogen) atoms. The molecule has 3 N–H and O–H groups in total. The van der Waals surface area contributed by atoms with E-state index in [4.69, 9.17) is 10.6 Å². The first-order valence-electron chi connectivity index (χ1n) is 5.32. The lowest BCUT2D eigenvalue weighted by atomic mass is 10.1. The summed E-state index contributed by atoms with van der Waals surface area (Å²) in [6.07, 6.45) is 0. The predicted molar refractivity (Wildman–Crippen MR) is 68.1 cm³/mol. The molecule has 0 aliphatic rings. The van der Waals surface area contributed by atoms with Crippen molar-refractivity contribution in [3.8, 4) is 0 Å². The van der Waals surface area contributed by atoms with E-state index in [0.29, 0.717) is 11.4 Å². The number of carbonyl (C=O) groups is 2. The predicted octanol–water partition coefficient (Wildman–Crippen LogP) is 0.871. The molecule has 2 amide bonds. The number of hydrogen-bond acceptors (Lipinski definition) is 4. The van der Waals surface area contributed by atoms with E-state index in [1.54, 1.807) is 31.2 Å². The summed E-state index contributed by atoms with van der Waals surface area (Å²) in [5.74, 6) is -0.703. The van der Waals surface area contributed by atoms with Crippen molar-refractivity contribution in [2.75, 3.05) is 11.9 Å². The van der Waals surface area contributed by atoms with Crippen LogP contribution < -0.4 is 11.1 Å². The van der Waals surface area contributed by atoms with Gasteiger partial charge in [-0.3, -0.25) is 9.59 Å². The highest BCUT2D eigenvalue weighted by atomic mass is 16.6. The van der Waals surface area contributed by atoms with Gasteiger partial charge >= 0.3 is 0 Å². The maximum absolute atomic E-state index is 10.8. The van der Waals surface area contributed by atoms with Crippen molar-refractivity contribution in [3.05, 3.63) is 29.8 Å². The van der Waals surface area contributed by atoms with Crippen LogP contribution in [0.2, 0.25) is 0 Å². The molecule has 0 spiro atoms. The highest BCUT2D eigenvalue weighted by Gasteiger charge is 2.00. The molecule has 6 nitrogen and oxygen atoms in total. The van der Waals surface area contributed by atoms with Crippen LogP contribution in [-0.2, 0) is 14.4 Å². The second-order valence-electron chi connectivity index (χ2n) is 3.67. The van der Waals surface area contributed by atoms with E-state index in [1.807, 2.05) is 0 Å². The molecule has 0 bridgehead atoms. The Bertz CT molecular complexity index is 466. The number of amides is 2. The Morgan fingerprint density at radius 3 is 2.39 bits per heavy atom. The van der Waals surface area contributed by atoms with E-state index >= 15 is 0 Å². The Morgan fingerprint density at radius 2 is 1.89 bits per heavy atom. The van der Waals surface area contributed by atoms with Gasteiger partial charge in [-0.25, -0.2) is 0 Å². The third-order valence-electron chi connectivity index (χ3n) is 2.03. The first-order chi connectivity index (χ1) is 8.49. The molecule has 0 atom stereocenters. The first kappa shape index (κ1) is 13.7. The summed E-state index contributed by atoms with van der Waals surface area (Å²) in [4.78, 5) is 26.0. The van der Waals surface area contributed by atoms with Gasteiger partial charge in [-0.15, -0.1) is 0 Å². The maximum Gasteiger partial charge on any atom is 0.258 e. The van der Waals surface area contributed by atoms with Gasteiger partial charge in [-0.1, -0.05) is 17.3 Å². The minimum atomic E-state index is -0.576. The summed E-state index contributed by atoms with van der Waals surface area (Å²) in [6, 6.07) is 7.09. The van der Waals surface area contributed by atoms with Crippen LogP contribution in [0.5, 0.6) is 0 Å². The normalized spacial score (nSPS) is 10.9. The number of nitrogens with zero attached hydrogens (tertiary/aromatic N) is 1. The number of nitrogens with two attached hydrogens (primary N) is 1. The van der Waals surface area contributed by atoms with Crippen molar-refractivity contribution in [1.82, 2.24) is 0 Å². The number of hydrogen-bond donors (Lipinski definition) is 2. The Balaban J connectivity index is 2.66. The molecule has 0 aliphatic carbocycles. The second-order valence-corrected chi connectivity index (χ2v) is 3.67. The highest BCUT2D eigenvalue weighted by molar-refractivity contribution is 5.99. The highest BCUT2D eigenvalue weighted by Crippen LogP contribution is 2.10.